The Morgan fingerprint density at radius 3 is 2.50 bits per heavy atom. The van der Waals surface area contributed by atoms with E-state index in [1.54, 1.807) is 0 Å². The average Bonchev–Trinajstić information content (AvgIpc) is 2.49. The Bertz CT molecular complexity index is 529. The van der Waals surface area contributed by atoms with Crippen molar-refractivity contribution in [3.63, 3.8) is 0 Å². The SMILES string of the molecule is CCCC[C@H](NC(=O)COc1ccc([N+](=O)[O-])cc1)C(=O)O. The largest absolute Gasteiger partial charge is 0.484 e. The molecule has 1 amide bonds. The first-order valence-corrected chi connectivity index (χ1v) is 6.83. The molecule has 1 atom stereocenters. The van der Waals surface area contributed by atoms with Gasteiger partial charge in [-0.05, 0) is 18.6 Å². The summed E-state index contributed by atoms with van der Waals surface area (Å²) in [5, 5.41) is 21.9. The van der Waals surface area contributed by atoms with Crippen LogP contribution in [0.3, 0.4) is 0 Å². The summed E-state index contributed by atoms with van der Waals surface area (Å²) < 4.78 is 5.16. The van der Waals surface area contributed by atoms with Crippen LogP contribution in [0.1, 0.15) is 26.2 Å². The van der Waals surface area contributed by atoms with E-state index in [1.165, 1.54) is 24.3 Å². The van der Waals surface area contributed by atoms with E-state index in [4.69, 9.17) is 9.84 Å². The zero-order chi connectivity index (χ0) is 16.5. The molecule has 1 aromatic rings. The summed E-state index contributed by atoms with van der Waals surface area (Å²) in [5.74, 6) is -1.35. The lowest BCUT2D eigenvalue weighted by atomic mass is 10.1. The lowest BCUT2D eigenvalue weighted by molar-refractivity contribution is -0.384. The van der Waals surface area contributed by atoms with Crippen molar-refractivity contribution in [2.45, 2.75) is 32.2 Å². The zero-order valence-corrected chi connectivity index (χ0v) is 12.2. The molecule has 0 bridgehead atoms. The predicted molar refractivity (Wildman–Crippen MR) is 77.7 cm³/mol. The molecule has 1 rings (SSSR count). The van der Waals surface area contributed by atoms with Crippen LogP contribution in [0.4, 0.5) is 5.69 Å². The minimum atomic E-state index is -1.09. The summed E-state index contributed by atoms with van der Waals surface area (Å²) in [6.07, 6.45) is 1.88. The molecule has 0 spiro atoms. The molecular weight excluding hydrogens is 292 g/mol. The Morgan fingerprint density at radius 1 is 1.36 bits per heavy atom. The number of nitrogens with one attached hydrogen (secondary N) is 1. The Labute approximate surface area is 127 Å². The van der Waals surface area contributed by atoms with Gasteiger partial charge in [-0.3, -0.25) is 14.9 Å². The van der Waals surface area contributed by atoms with E-state index >= 15 is 0 Å². The minimum Gasteiger partial charge on any atom is -0.484 e. The van der Waals surface area contributed by atoms with Gasteiger partial charge in [0.05, 0.1) is 4.92 Å². The highest BCUT2D eigenvalue weighted by Crippen LogP contribution is 2.17. The molecule has 8 nitrogen and oxygen atoms in total. The number of hydrogen-bond acceptors (Lipinski definition) is 5. The van der Waals surface area contributed by atoms with Gasteiger partial charge >= 0.3 is 5.97 Å². The fourth-order valence-electron chi connectivity index (χ4n) is 1.71. The van der Waals surface area contributed by atoms with Crippen molar-refractivity contribution in [2.75, 3.05) is 6.61 Å². The molecule has 0 aliphatic heterocycles. The molecule has 22 heavy (non-hydrogen) atoms. The first-order chi connectivity index (χ1) is 10.4. The third kappa shape index (κ3) is 5.78. The van der Waals surface area contributed by atoms with Gasteiger partial charge in [-0.25, -0.2) is 4.79 Å². The van der Waals surface area contributed by atoms with Gasteiger partial charge in [0.15, 0.2) is 6.61 Å². The Kier molecular flexibility index (Phi) is 6.81. The molecule has 0 heterocycles. The molecule has 1 aromatic carbocycles. The monoisotopic (exact) mass is 310 g/mol. The third-order valence-corrected chi connectivity index (χ3v) is 2.90. The molecule has 0 saturated heterocycles. The zero-order valence-electron chi connectivity index (χ0n) is 12.2. The van der Waals surface area contributed by atoms with Crippen molar-refractivity contribution in [2.24, 2.45) is 0 Å². The number of nitrogens with zero attached hydrogens (tertiary/aromatic N) is 1. The Balaban J connectivity index is 2.47. The fraction of sp³-hybridized carbons (Fsp3) is 0.429. The summed E-state index contributed by atoms with van der Waals surface area (Å²) in [6, 6.07) is 4.32. The number of ether oxygens (including phenoxy) is 1. The maximum absolute atomic E-state index is 11.7. The number of hydrogen-bond donors (Lipinski definition) is 2. The molecule has 0 saturated carbocycles. The highest BCUT2D eigenvalue weighted by atomic mass is 16.6. The number of aliphatic carboxylic acids is 1. The summed E-state index contributed by atoms with van der Waals surface area (Å²) in [4.78, 5) is 32.6. The average molecular weight is 310 g/mol. The molecule has 120 valence electrons. The summed E-state index contributed by atoms with van der Waals surface area (Å²) >= 11 is 0. The molecule has 0 fully saturated rings. The molecule has 8 heteroatoms. The van der Waals surface area contributed by atoms with Gasteiger partial charge in [-0.15, -0.1) is 0 Å². The Morgan fingerprint density at radius 2 is 2.00 bits per heavy atom. The van der Waals surface area contributed by atoms with Crippen LogP contribution in [0.25, 0.3) is 0 Å². The van der Waals surface area contributed by atoms with Crippen molar-refractivity contribution in [3.8, 4) is 5.75 Å². The van der Waals surface area contributed by atoms with Crippen molar-refractivity contribution < 1.29 is 24.4 Å². The fourth-order valence-corrected chi connectivity index (χ4v) is 1.71. The van der Waals surface area contributed by atoms with Crippen LogP contribution in [-0.4, -0.2) is 34.6 Å². The standard InChI is InChI=1S/C14H18N2O6/c1-2-3-4-12(14(18)19)15-13(17)9-22-11-7-5-10(6-8-11)16(20)21/h5-8,12H,2-4,9H2,1H3,(H,15,17)(H,18,19)/t12-/m0/s1. The van der Waals surface area contributed by atoms with Gasteiger partial charge < -0.3 is 15.2 Å². The van der Waals surface area contributed by atoms with Gasteiger partial charge in [-0.1, -0.05) is 19.8 Å². The third-order valence-electron chi connectivity index (χ3n) is 2.90. The smallest absolute Gasteiger partial charge is 0.326 e. The van der Waals surface area contributed by atoms with Crippen LogP contribution in [0.15, 0.2) is 24.3 Å². The van der Waals surface area contributed by atoms with E-state index in [0.29, 0.717) is 18.6 Å². The van der Waals surface area contributed by atoms with E-state index in [9.17, 15) is 19.7 Å². The van der Waals surface area contributed by atoms with E-state index in [-0.39, 0.29) is 12.3 Å². The van der Waals surface area contributed by atoms with Crippen LogP contribution in [0.2, 0.25) is 0 Å². The number of unbranched alkanes of at least 4 members (excludes halogenated alkanes) is 1. The number of carbonyl (C=O) groups is 2. The highest BCUT2D eigenvalue weighted by Gasteiger charge is 2.19. The molecular formula is C14H18N2O6. The maximum Gasteiger partial charge on any atom is 0.326 e. The second-order valence-electron chi connectivity index (χ2n) is 4.64. The lowest BCUT2D eigenvalue weighted by Crippen LogP contribution is -2.42. The molecule has 0 radical (unpaired) electrons. The molecule has 0 aliphatic carbocycles. The van der Waals surface area contributed by atoms with Gasteiger partial charge in [0, 0.05) is 12.1 Å². The van der Waals surface area contributed by atoms with Gasteiger partial charge in [-0.2, -0.15) is 0 Å². The molecule has 0 unspecified atom stereocenters. The number of non-ortho nitro benzene ring substituents is 1. The minimum absolute atomic E-state index is 0.0812. The second-order valence-corrected chi connectivity index (χ2v) is 4.64. The van der Waals surface area contributed by atoms with E-state index in [2.05, 4.69) is 5.32 Å². The number of benzene rings is 1. The van der Waals surface area contributed by atoms with Crippen LogP contribution < -0.4 is 10.1 Å². The quantitative estimate of drug-likeness (QED) is 0.529. The van der Waals surface area contributed by atoms with Crippen LogP contribution in [-0.2, 0) is 9.59 Å². The van der Waals surface area contributed by atoms with E-state index < -0.39 is 22.8 Å². The highest BCUT2D eigenvalue weighted by molar-refractivity contribution is 5.84. The van der Waals surface area contributed by atoms with Crippen LogP contribution in [0, 0.1) is 10.1 Å². The number of amides is 1. The number of nitro benzene ring substituents is 1. The van der Waals surface area contributed by atoms with Gasteiger partial charge in [0.25, 0.3) is 11.6 Å². The summed E-state index contributed by atoms with van der Waals surface area (Å²) in [7, 11) is 0. The van der Waals surface area contributed by atoms with Crippen molar-refractivity contribution in [1.82, 2.24) is 5.32 Å². The number of carbonyl (C=O) groups excluding carboxylic acids is 1. The molecule has 0 aliphatic rings. The van der Waals surface area contributed by atoms with E-state index in [1.807, 2.05) is 6.92 Å². The number of carboxylic acid groups (broad SMARTS) is 1. The van der Waals surface area contributed by atoms with Crippen molar-refractivity contribution in [1.29, 1.82) is 0 Å². The lowest BCUT2D eigenvalue weighted by Gasteiger charge is -2.14. The first kappa shape index (κ1) is 17.4. The van der Waals surface area contributed by atoms with Crippen molar-refractivity contribution in [3.05, 3.63) is 34.4 Å². The van der Waals surface area contributed by atoms with Crippen LogP contribution in [0.5, 0.6) is 5.75 Å². The molecule has 0 aromatic heterocycles. The Hall–Kier alpha value is -2.64. The van der Waals surface area contributed by atoms with Gasteiger partial charge in [0.2, 0.25) is 0 Å². The number of nitro groups is 1. The van der Waals surface area contributed by atoms with E-state index in [0.717, 1.165) is 6.42 Å². The normalized spacial score (nSPS) is 11.5. The van der Waals surface area contributed by atoms with Crippen molar-refractivity contribution >= 4 is 17.6 Å². The topological polar surface area (TPSA) is 119 Å². The number of rotatable bonds is 9. The second kappa shape index (κ2) is 8.60. The summed E-state index contributed by atoms with van der Waals surface area (Å²) in [5.41, 5.74) is -0.0812. The summed E-state index contributed by atoms with van der Waals surface area (Å²) in [6.45, 7) is 1.58. The van der Waals surface area contributed by atoms with Crippen LogP contribution >= 0.6 is 0 Å². The first-order valence-electron chi connectivity index (χ1n) is 6.83. The molecule has 2 N–H and O–H groups in total. The predicted octanol–water partition coefficient (Wildman–Crippen LogP) is 1.73. The van der Waals surface area contributed by atoms with Gasteiger partial charge in [0.1, 0.15) is 11.8 Å². The number of carboxylic acids is 1. The maximum atomic E-state index is 11.7.